The normalized spacial score (nSPS) is 11.5. The second-order valence-corrected chi connectivity index (χ2v) is 4.35. The van der Waals surface area contributed by atoms with Crippen LogP contribution in [-0.4, -0.2) is 29.7 Å². The Hall–Kier alpha value is -1.61. The summed E-state index contributed by atoms with van der Waals surface area (Å²) in [5.74, 6) is 3.83. The fraction of sp³-hybridized carbons (Fsp3) is 0.667. The van der Waals surface area contributed by atoms with Crippen molar-refractivity contribution in [3.05, 3.63) is 11.9 Å². The van der Waals surface area contributed by atoms with Crippen molar-refractivity contribution in [2.75, 3.05) is 30.5 Å². The van der Waals surface area contributed by atoms with Gasteiger partial charge in [0.1, 0.15) is 11.6 Å². The Bertz CT molecular complexity index is 428. The summed E-state index contributed by atoms with van der Waals surface area (Å²) in [4.78, 5) is 6.68. The van der Waals surface area contributed by atoms with Crippen molar-refractivity contribution in [3.8, 4) is 0 Å². The van der Waals surface area contributed by atoms with E-state index in [1.165, 1.54) is 6.07 Å². The number of alkyl halides is 3. The molecule has 1 heterocycles. The van der Waals surface area contributed by atoms with E-state index in [4.69, 9.17) is 10.6 Å². The summed E-state index contributed by atoms with van der Waals surface area (Å²) in [6.45, 7) is 3.77. The molecular formula is C12H20F3N5O. The van der Waals surface area contributed by atoms with Crippen LogP contribution in [0.25, 0.3) is 0 Å². The highest BCUT2D eigenvalue weighted by Gasteiger charge is 2.35. The average molecular weight is 307 g/mol. The van der Waals surface area contributed by atoms with Gasteiger partial charge in [-0.1, -0.05) is 13.3 Å². The SMILES string of the molecule is CCCCOCCCNc1cc(NN)nc(C(F)(F)F)n1. The van der Waals surface area contributed by atoms with Crippen LogP contribution in [0.1, 0.15) is 32.0 Å². The number of ether oxygens (including phenoxy) is 1. The highest BCUT2D eigenvalue weighted by atomic mass is 19.4. The minimum atomic E-state index is -4.62. The number of halogens is 3. The van der Waals surface area contributed by atoms with Crippen molar-refractivity contribution in [2.24, 2.45) is 5.84 Å². The van der Waals surface area contributed by atoms with Gasteiger partial charge in [0.05, 0.1) is 0 Å². The van der Waals surface area contributed by atoms with Crippen molar-refractivity contribution >= 4 is 11.6 Å². The molecule has 21 heavy (non-hydrogen) atoms. The highest BCUT2D eigenvalue weighted by molar-refractivity contribution is 5.47. The van der Waals surface area contributed by atoms with E-state index in [0.29, 0.717) is 26.2 Å². The number of nitrogen functional groups attached to an aromatic ring is 1. The predicted molar refractivity (Wildman–Crippen MR) is 73.7 cm³/mol. The van der Waals surface area contributed by atoms with Gasteiger partial charge in [0, 0.05) is 25.8 Å². The van der Waals surface area contributed by atoms with Gasteiger partial charge in [0.25, 0.3) is 0 Å². The summed E-state index contributed by atoms with van der Waals surface area (Å²) < 4.78 is 43.2. The third-order valence-corrected chi connectivity index (χ3v) is 2.54. The number of aromatic nitrogens is 2. The Morgan fingerprint density at radius 2 is 1.86 bits per heavy atom. The maximum absolute atomic E-state index is 12.6. The Kier molecular flexibility index (Phi) is 7.17. The van der Waals surface area contributed by atoms with Crippen LogP contribution in [0.2, 0.25) is 0 Å². The molecule has 0 saturated heterocycles. The molecule has 0 unspecified atom stereocenters. The zero-order valence-corrected chi connectivity index (χ0v) is 11.8. The molecule has 1 aromatic heterocycles. The van der Waals surface area contributed by atoms with E-state index in [-0.39, 0.29) is 11.6 Å². The molecule has 4 N–H and O–H groups in total. The lowest BCUT2D eigenvalue weighted by molar-refractivity contribution is -0.144. The molecule has 1 rings (SSSR count). The summed E-state index contributed by atoms with van der Waals surface area (Å²) in [5.41, 5.74) is 2.09. The number of nitrogens with zero attached hydrogens (tertiary/aromatic N) is 2. The third kappa shape index (κ3) is 6.58. The van der Waals surface area contributed by atoms with Crippen molar-refractivity contribution in [1.29, 1.82) is 0 Å². The van der Waals surface area contributed by atoms with Crippen LogP contribution in [0.3, 0.4) is 0 Å². The molecule has 0 amide bonds. The molecule has 0 spiro atoms. The van der Waals surface area contributed by atoms with Crippen molar-refractivity contribution in [1.82, 2.24) is 9.97 Å². The van der Waals surface area contributed by atoms with Gasteiger partial charge < -0.3 is 15.5 Å². The van der Waals surface area contributed by atoms with E-state index in [1.54, 1.807) is 0 Å². The highest BCUT2D eigenvalue weighted by Crippen LogP contribution is 2.28. The van der Waals surface area contributed by atoms with Crippen molar-refractivity contribution in [2.45, 2.75) is 32.4 Å². The maximum Gasteiger partial charge on any atom is 0.451 e. The van der Waals surface area contributed by atoms with Crippen LogP contribution in [0.5, 0.6) is 0 Å². The first-order valence-electron chi connectivity index (χ1n) is 6.72. The Balaban J connectivity index is 2.47. The predicted octanol–water partition coefficient (Wildman–Crippen LogP) is 2.40. The fourth-order valence-corrected chi connectivity index (χ4v) is 1.48. The first-order valence-corrected chi connectivity index (χ1v) is 6.72. The van der Waals surface area contributed by atoms with Gasteiger partial charge >= 0.3 is 6.18 Å². The molecular weight excluding hydrogens is 287 g/mol. The number of unbranched alkanes of at least 4 members (excludes halogenated alkanes) is 1. The second kappa shape index (κ2) is 8.63. The molecule has 0 aliphatic rings. The molecule has 0 saturated carbocycles. The molecule has 0 aliphatic carbocycles. The molecule has 0 aromatic carbocycles. The Morgan fingerprint density at radius 1 is 1.19 bits per heavy atom. The van der Waals surface area contributed by atoms with Gasteiger partial charge in [-0.3, -0.25) is 0 Å². The molecule has 0 bridgehead atoms. The third-order valence-electron chi connectivity index (χ3n) is 2.54. The Morgan fingerprint density at radius 3 is 2.48 bits per heavy atom. The van der Waals surface area contributed by atoms with Gasteiger partial charge in [0.15, 0.2) is 0 Å². The zero-order valence-electron chi connectivity index (χ0n) is 11.8. The summed E-state index contributed by atoms with van der Waals surface area (Å²) in [6.07, 6.45) is -1.89. The monoisotopic (exact) mass is 307 g/mol. The number of hydrazine groups is 1. The van der Waals surface area contributed by atoms with E-state index in [2.05, 4.69) is 27.6 Å². The van der Waals surface area contributed by atoms with Crippen LogP contribution in [-0.2, 0) is 10.9 Å². The van der Waals surface area contributed by atoms with Gasteiger partial charge in [-0.25, -0.2) is 15.8 Å². The second-order valence-electron chi connectivity index (χ2n) is 4.35. The zero-order chi connectivity index (χ0) is 15.7. The average Bonchev–Trinajstić information content (AvgIpc) is 2.45. The smallest absolute Gasteiger partial charge is 0.381 e. The van der Waals surface area contributed by atoms with E-state index in [1.807, 2.05) is 0 Å². The van der Waals surface area contributed by atoms with Crippen LogP contribution in [0.4, 0.5) is 24.8 Å². The van der Waals surface area contributed by atoms with E-state index in [9.17, 15) is 13.2 Å². The van der Waals surface area contributed by atoms with Crippen LogP contribution >= 0.6 is 0 Å². The van der Waals surface area contributed by atoms with Gasteiger partial charge in [-0.15, -0.1) is 0 Å². The largest absolute Gasteiger partial charge is 0.451 e. The molecule has 9 heteroatoms. The quantitative estimate of drug-likeness (QED) is 0.369. The first kappa shape index (κ1) is 17.4. The molecule has 0 radical (unpaired) electrons. The van der Waals surface area contributed by atoms with E-state index >= 15 is 0 Å². The van der Waals surface area contributed by atoms with E-state index < -0.39 is 12.0 Å². The number of hydrogen-bond acceptors (Lipinski definition) is 6. The van der Waals surface area contributed by atoms with Gasteiger partial charge in [0.2, 0.25) is 5.82 Å². The van der Waals surface area contributed by atoms with Crippen LogP contribution in [0, 0.1) is 0 Å². The molecule has 1 aromatic rings. The fourth-order valence-electron chi connectivity index (χ4n) is 1.48. The van der Waals surface area contributed by atoms with Gasteiger partial charge in [-0.05, 0) is 12.8 Å². The van der Waals surface area contributed by atoms with Crippen molar-refractivity contribution < 1.29 is 17.9 Å². The molecule has 6 nitrogen and oxygen atoms in total. The van der Waals surface area contributed by atoms with E-state index in [0.717, 1.165) is 12.8 Å². The van der Waals surface area contributed by atoms with Crippen molar-refractivity contribution in [3.63, 3.8) is 0 Å². The Labute approximate surface area is 121 Å². The first-order chi connectivity index (χ1) is 9.97. The lowest BCUT2D eigenvalue weighted by Crippen LogP contribution is -2.17. The molecule has 0 aliphatic heterocycles. The summed E-state index contributed by atoms with van der Waals surface area (Å²) in [6, 6.07) is 1.31. The number of nitrogens with two attached hydrogens (primary N) is 1. The maximum atomic E-state index is 12.6. The number of nitrogens with one attached hydrogen (secondary N) is 2. The minimum Gasteiger partial charge on any atom is -0.381 e. The summed E-state index contributed by atoms with van der Waals surface area (Å²) in [7, 11) is 0. The minimum absolute atomic E-state index is 0.0684. The summed E-state index contributed by atoms with van der Waals surface area (Å²) in [5, 5.41) is 2.80. The lowest BCUT2D eigenvalue weighted by Gasteiger charge is -2.11. The topological polar surface area (TPSA) is 85.1 Å². The summed E-state index contributed by atoms with van der Waals surface area (Å²) >= 11 is 0. The molecule has 0 fully saturated rings. The number of hydrogen-bond donors (Lipinski definition) is 3. The number of anilines is 2. The standard InChI is InChI=1S/C12H20F3N5O/c1-2-3-6-21-7-4-5-17-9-8-10(20-16)19-11(18-9)12(13,14)15/h8H,2-7,16H2,1H3,(H2,17,18,19,20). The van der Waals surface area contributed by atoms with Crippen LogP contribution < -0.4 is 16.6 Å². The van der Waals surface area contributed by atoms with Gasteiger partial charge in [-0.2, -0.15) is 13.2 Å². The number of rotatable bonds is 9. The van der Waals surface area contributed by atoms with Crippen LogP contribution in [0.15, 0.2) is 6.07 Å². The lowest BCUT2D eigenvalue weighted by atomic mass is 10.3. The molecule has 0 atom stereocenters. The molecule has 120 valence electrons.